The van der Waals surface area contributed by atoms with Gasteiger partial charge in [0, 0.05) is 6.42 Å². The van der Waals surface area contributed by atoms with Gasteiger partial charge in [-0.3, -0.25) is 4.79 Å². The number of ether oxygens (including phenoxy) is 1. The maximum absolute atomic E-state index is 11.1. The van der Waals surface area contributed by atoms with Crippen molar-refractivity contribution in [2.24, 2.45) is 11.5 Å². The van der Waals surface area contributed by atoms with Crippen LogP contribution < -0.4 is 16.2 Å². The number of carbonyl (C=O) groups excluding carboxylic acids is 1. The third-order valence-electron chi connectivity index (χ3n) is 3.32. The van der Waals surface area contributed by atoms with Crippen LogP contribution >= 0.6 is 0 Å². The summed E-state index contributed by atoms with van der Waals surface area (Å²) >= 11 is 0. The van der Waals surface area contributed by atoms with Crippen LogP contribution in [0.2, 0.25) is 0 Å². The van der Waals surface area contributed by atoms with Crippen LogP contribution in [0.1, 0.15) is 44.2 Å². The Hall–Kier alpha value is -1.55. The van der Waals surface area contributed by atoms with E-state index in [1.807, 2.05) is 12.1 Å². The van der Waals surface area contributed by atoms with Gasteiger partial charge in [-0.1, -0.05) is 19.9 Å². The van der Waals surface area contributed by atoms with E-state index in [0.29, 0.717) is 18.9 Å². The van der Waals surface area contributed by atoms with Crippen LogP contribution in [0.4, 0.5) is 0 Å². The summed E-state index contributed by atoms with van der Waals surface area (Å²) in [7, 11) is 0. The second kappa shape index (κ2) is 6.06. The lowest BCUT2D eigenvalue weighted by Crippen LogP contribution is -2.50. The predicted molar refractivity (Wildman–Crippen MR) is 77.2 cm³/mol. The Morgan fingerprint density at radius 2 is 2.05 bits per heavy atom. The maximum atomic E-state index is 11.1. The molecule has 1 rings (SSSR count). The number of benzene rings is 1. The molecular weight excluding hydrogens is 240 g/mol. The standard InChI is InChI=1S/C15H24N2O2/c1-10(2)13-6-5-12(9-11(13)3)19-8-7-15(4,17)14(16)18/h5-6,9-10H,7-8,17H2,1-4H3,(H2,16,18). The fourth-order valence-corrected chi connectivity index (χ4v) is 1.89. The summed E-state index contributed by atoms with van der Waals surface area (Å²) in [6.07, 6.45) is 0.396. The first-order valence-corrected chi connectivity index (χ1v) is 6.56. The number of aryl methyl sites for hydroxylation is 1. The fourth-order valence-electron chi connectivity index (χ4n) is 1.89. The topological polar surface area (TPSA) is 78.3 Å². The average molecular weight is 264 g/mol. The molecule has 0 saturated carbocycles. The van der Waals surface area contributed by atoms with Gasteiger partial charge in [-0.15, -0.1) is 0 Å². The second-order valence-corrected chi connectivity index (χ2v) is 5.55. The van der Waals surface area contributed by atoms with Gasteiger partial charge >= 0.3 is 0 Å². The van der Waals surface area contributed by atoms with Crippen molar-refractivity contribution >= 4 is 5.91 Å². The molecule has 4 heteroatoms. The van der Waals surface area contributed by atoms with E-state index in [0.717, 1.165) is 5.75 Å². The molecule has 4 N–H and O–H groups in total. The van der Waals surface area contributed by atoms with Gasteiger partial charge in [0.25, 0.3) is 0 Å². The number of rotatable bonds is 6. The number of hydrogen-bond acceptors (Lipinski definition) is 3. The monoisotopic (exact) mass is 264 g/mol. The fraction of sp³-hybridized carbons (Fsp3) is 0.533. The molecule has 0 aromatic heterocycles. The smallest absolute Gasteiger partial charge is 0.237 e. The number of primary amides is 1. The highest BCUT2D eigenvalue weighted by Gasteiger charge is 2.25. The van der Waals surface area contributed by atoms with E-state index in [2.05, 4.69) is 26.8 Å². The molecule has 1 unspecified atom stereocenters. The molecule has 0 radical (unpaired) electrons. The molecule has 4 nitrogen and oxygen atoms in total. The summed E-state index contributed by atoms with van der Waals surface area (Å²) in [6.45, 7) is 8.38. The minimum Gasteiger partial charge on any atom is -0.494 e. The Bertz CT molecular complexity index is 453. The van der Waals surface area contributed by atoms with Gasteiger partial charge < -0.3 is 16.2 Å². The quantitative estimate of drug-likeness (QED) is 0.825. The van der Waals surface area contributed by atoms with Crippen LogP contribution in [0.15, 0.2) is 18.2 Å². The van der Waals surface area contributed by atoms with Crippen LogP contribution in [-0.2, 0) is 4.79 Å². The van der Waals surface area contributed by atoms with Crippen molar-refractivity contribution in [3.8, 4) is 5.75 Å². The van der Waals surface area contributed by atoms with Gasteiger partial charge in [0.2, 0.25) is 5.91 Å². The van der Waals surface area contributed by atoms with Crippen LogP contribution in [0, 0.1) is 6.92 Å². The van der Waals surface area contributed by atoms with Crippen molar-refractivity contribution in [1.82, 2.24) is 0 Å². The number of hydrogen-bond donors (Lipinski definition) is 2. The molecule has 1 aromatic carbocycles. The van der Waals surface area contributed by atoms with Crippen molar-refractivity contribution < 1.29 is 9.53 Å². The van der Waals surface area contributed by atoms with Crippen LogP contribution in [0.25, 0.3) is 0 Å². The minimum atomic E-state index is -1.02. The Labute approximate surface area is 115 Å². The molecule has 0 aliphatic heterocycles. The summed E-state index contributed by atoms with van der Waals surface area (Å²) in [6, 6.07) is 6.03. The van der Waals surface area contributed by atoms with Gasteiger partial charge in [0.1, 0.15) is 5.75 Å². The zero-order chi connectivity index (χ0) is 14.6. The van der Waals surface area contributed by atoms with Gasteiger partial charge in [0.05, 0.1) is 12.1 Å². The molecule has 0 bridgehead atoms. The molecule has 0 fully saturated rings. The van der Waals surface area contributed by atoms with Crippen molar-refractivity contribution in [1.29, 1.82) is 0 Å². The van der Waals surface area contributed by atoms with E-state index in [9.17, 15) is 4.79 Å². The first-order valence-electron chi connectivity index (χ1n) is 6.56. The minimum absolute atomic E-state index is 0.371. The summed E-state index contributed by atoms with van der Waals surface area (Å²) in [4.78, 5) is 11.1. The SMILES string of the molecule is Cc1cc(OCCC(C)(N)C(N)=O)ccc1C(C)C. The zero-order valence-electron chi connectivity index (χ0n) is 12.2. The highest BCUT2D eigenvalue weighted by atomic mass is 16.5. The van der Waals surface area contributed by atoms with Crippen molar-refractivity contribution in [3.63, 3.8) is 0 Å². The lowest BCUT2D eigenvalue weighted by atomic mass is 9.98. The Morgan fingerprint density at radius 3 is 2.53 bits per heavy atom. The van der Waals surface area contributed by atoms with Gasteiger partial charge in [0.15, 0.2) is 0 Å². The largest absolute Gasteiger partial charge is 0.494 e. The van der Waals surface area contributed by atoms with Crippen molar-refractivity contribution in [2.45, 2.75) is 45.6 Å². The van der Waals surface area contributed by atoms with Crippen molar-refractivity contribution in [3.05, 3.63) is 29.3 Å². The van der Waals surface area contributed by atoms with Crippen LogP contribution in [0.3, 0.4) is 0 Å². The molecule has 0 saturated heterocycles. The summed E-state index contributed by atoms with van der Waals surface area (Å²) < 4.78 is 5.62. The molecular formula is C15H24N2O2. The number of nitrogens with two attached hydrogens (primary N) is 2. The molecule has 0 heterocycles. The highest BCUT2D eigenvalue weighted by molar-refractivity contribution is 5.83. The lowest BCUT2D eigenvalue weighted by Gasteiger charge is -2.20. The van der Waals surface area contributed by atoms with Crippen LogP contribution in [0.5, 0.6) is 5.75 Å². The van der Waals surface area contributed by atoms with Gasteiger partial charge in [-0.05, 0) is 43.0 Å². The summed E-state index contributed by atoms with van der Waals surface area (Å²) in [5, 5.41) is 0. The molecule has 106 valence electrons. The first kappa shape index (κ1) is 15.5. The maximum Gasteiger partial charge on any atom is 0.237 e. The lowest BCUT2D eigenvalue weighted by molar-refractivity contribution is -0.123. The van der Waals surface area contributed by atoms with E-state index < -0.39 is 11.4 Å². The third-order valence-corrected chi connectivity index (χ3v) is 3.32. The molecule has 1 atom stereocenters. The van der Waals surface area contributed by atoms with Crippen LogP contribution in [-0.4, -0.2) is 18.1 Å². The number of amides is 1. The van der Waals surface area contributed by atoms with Gasteiger partial charge in [-0.25, -0.2) is 0 Å². The summed E-state index contributed by atoms with van der Waals surface area (Å²) in [5.41, 5.74) is 12.5. The van der Waals surface area contributed by atoms with Crippen molar-refractivity contribution in [2.75, 3.05) is 6.61 Å². The normalized spacial score (nSPS) is 14.2. The van der Waals surface area contributed by atoms with E-state index in [1.54, 1.807) is 6.92 Å². The molecule has 19 heavy (non-hydrogen) atoms. The number of carbonyl (C=O) groups is 1. The Morgan fingerprint density at radius 1 is 1.42 bits per heavy atom. The van der Waals surface area contributed by atoms with E-state index in [4.69, 9.17) is 16.2 Å². The molecule has 0 spiro atoms. The predicted octanol–water partition coefficient (Wildman–Crippen LogP) is 2.09. The summed E-state index contributed by atoms with van der Waals surface area (Å²) in [5.74, 6) is 0.779. The third kappa shape index (κ3) is 4.24. The average Bonchev–Trinajstić information content (AvgIpc) is 2.28. The molecule has 0 aliphatic carbocycles. The first-order chi connectivity index (χ1) is 8.74. The van der Waals surface area contributed by atoms with E-state index >= 15 is 0 Å². The Kier molecular flexibility index (Phi) is 4.95. The zero-order valence-corrected chi connectivity index (χ0v) is 12.2. The van der Waals surface area contributed by atoms with E-state index in [-0.39, 0.29) is 0 Å². The second-order valence-electron chi connectivity index (χ2n) is 5.55. The Balaban J connectivity index is 2.60. The molecule has 0 aliphatic rings. The highest BCUT2D eigenvalue weighted by Crippen LogP contribution is 2.23. The molecule has 1 amide bonds. The molecule has 1 aromatic rings. The van der Waals surface area contributed by atoms with Gasteiger partial charge in [-0.2, -0.15) is 0 Å². The van der Waals surface area contributed by atoms with E-state index in [1.165, 1.54) is 11.1 Å².